The van der Waals surface area contributed by atoms with E-state index in [0.717, 1.165) is 110 Å². The second-order valence-electron chi connectivity index (χ2n) is 29.1. The molecule has 8 aromatic heterocycles. The van der Waals surface area contributed by atoms with E-state index in [9.17, 15) is 0 Å². The van der Waals surface area contributed by atoms with Crippen molar-refractivity contribution in [2.45, 2.75) is 0 Å². The molecule has 108 heavy (non-hydrogen) atoms. The van der Waals surface area contributed by atoms with E-state index < -0.39 is 0 Å². The maximum atomic E-state index is 5.85. The summed E-state index contributed by atoms with van der Waals surface area (Å²) in [7, 11) is 0. The number of rotatable bonds is 7. The van der Waals surface area contributed by atoms with Crippen LogP contribution in [0.2, 0.25) is 0 Å². The number of nitrogens with zero attached hydrogens (tertiary/aromatic N) is 8. The van der Waals surface area contributed by atoms with Crippen LogP contribution in [-0.2, 0) is 0 Å². The van der Waals surface area contributed by atoms with Crippen LogP contribution in [0.25, 0.3) is 242 Å². The van der Waals surface area contributed by atoms with Crippen molar-refractivity contribution in [1.29, 1.82) is 0 Å². The Balaban J connectivity index is 0.641. The zero-order chi connectivity index (χ0) is 70.1. The van der Waals surface area contributed by atoms with Crippen LogP contribution in [0.15, 0.2) is 340 Å². The Bertz CT molecular complexity index is 8240. The first-order valence-corrected chi connectivity index (χ1v) is 37.0. The van der Waals surface area contributed by atoms with Gasteiger partial charge in [0.15, 0.2) is 5.82 Å². The van der Waals surface area contributed by atoms with Gasteiger partial charge in [-0.3, -0.25) is 9.13 Å². The average molecular weight is 1370 g/mol. The van der Waals surface area contributed by atoms with Crippen molar-refractivity contribution in [2.24, 2.45) is 0 Å². The third-order valence-corrected chi connectivity index (χ3v) is 23.6. The number of benzene rings is 17. The first-order valence-electron chi connectivity index (χ1n) is 37.0. The maximum Gasteiger partial charge on any atom is 0.235 e. The molecule has 25 aromatic rings. The molecule has 0 atom stereocenters. The van der Waals surface area contributed by atoms with E-state index in [0.29, 0.717) is 11.8 Å². The van der Waals surface area contributed by atoms with Crippen molar-refractivity contribution >= 4 is 174 Å². The van der Waals surface area contributed by atoms with E-state index in [1.807, 2.05) is 0 Å². The Morgan fingerprint density at radius 1 is 0.204 bits per heavy atom. The maximum absolute atomic E-state index is 5.85. The van der Waals surface area contributed by atoms with Crippen LogP contribution in [0.1, 0.15) is 0 Å². The van der Waals surface area contributed by atoms with Gasteiger partial charge in [0.05, 0.1) is 71.9 Å². The summed E-state index contributed by atoms with van der Waals surface area (Å²) in [6.07, 6.45) is 0. The lowest BCUT2D eigenvalue weighted by atomic mass is 9.93. The SMILES string of the molecule is c1ccc(-c2ccc3c(c2)c2c4c5ccccc5n5c6ccccc6c(cc2n3-c2nc(-c3cc6ccc(-c7ccc(-c8ccc9c(c8)c8c%10c%11ccccc%11n%11c%12ccccc%12c(cc8n9-c8nc(-c9ccc%12ccccc%12c9)c9ccccc9n8)c%10%11)cc7)cc6c6ccccc36)nc3ccccc23)c45)cc1. The quantitative estimate of drug-likeness (QED) is 0.149. The topological polar surface area (TPSA) is 70.2 Å². The van der Waals surface area contributed by atoms with Gasteiger partial charge in [-0.2, -0.15) is 0 Å². The third-order valence-electron chi connectivity index (χ3n) is 23.6. The molecular formula is C100H56N8. The van der Waals surface area contributed by atoms with Gasteiger partial charge < -0.3 is 8.80 Å². The monoisotopic (exact) mass is 1370 g/mol. The summed E-state index contributed by atoms with van der Waals surface area (Å²) >= 11 is 0. The number of aromatic nitrogens is 8. The Morgan fingerprint density at radius 2 is 0.648 bits per heavy atom. The van der Waals surface area contributed by atoms with Crippen molar-refractivity contribution in [3.63, 3.8) is 0 Å². The summed E-state index contributed by atoms with van der Waals surface area (Å²) in [5.41, 5.74) is 23.1. The number of fused-ring (bicyclic) bond motifs is 26. The fourth-order valence-electron chi connectivity index (χ4n) is 18.9. The van der Waals surface area contributed by atoms with E-state index in [1.165, 1.54) is 120 Å². The van der Waals surface area contributed by atoms with Crippen molar-refractivity contribution < 1.29 is 0 Å². The van der Waals surface area contributed by atoms with Gasteiger partial charge >= 0.3 is 0 Å². The largest absolute Gasteiger partial charge is 0.308 e. The fourth-order valence-corrected chi connectivity index (χ4v) is 18.9. The van der Waals surface area contributed by atoms with Crippen LogP contribution in [0.3, 0.4) is 0 Å². The minimum absolute atomic E-state index is 0.631. The molecular weight excluding hydrogens is 1310 g/mol. The zero-order valence-corrected chi connectivity index (χ0v) is 57.9. The molecule has 8 heteroatoms. The molecule has 0 amide bonds. The summed E-state index contributed by atoms with van der Waals surface area (Å²) in [4.78, 5) is 22.5. The van der Waals surface area contributed by atoms with Crippen molar-refractivity contribution in [3.05, 3.63) is 340 Å². The van der Waals surface area contributed by atoms with Gasteiger partial charge in [-0.25, -0.2) is 19.9 Å². The Morgan fingerprint density at radius 3 is 1.28 bits per heavy atom. The molecule has 0 spiro atoms. The highest BCUT2D eigenvalue weighted by Gasteiger charge is 2.29. The minimum Gasteiger partial charge on any atom is -0.308 e. The predicted molar refractivity (Wildman–Crippen MR) is 450 cm³/mol. The van der Waals surface area contributed by atoms with E-state index in [1.54, 1.807) is 0 Å². The Kier molecular flexibility index (Phi) is 11.5. The van der Waals surface area contributed by atoms with Crippen LogP contribution in [0, 0.1) is 0 Å². The number of hydrogen-bond acceptors (Lipinski definition) is 4. The summed E-state index contributed by atoms with van der Waals surface area (Å²) < 4.78 is 9.73. The Labute approximate surface area is 615 Å². The highest BCUT2D eigenvalue weighted by Crippen LogP contribution is 2.51. The molecule has 8 nitrogen and oxygen atoms in total. The molecule has 0 bridgehead atoms. The van der Waals surface area contributed by atoms with Gasteiger partial charge in [0.2, 0.25) is 5.95 Å². The van der Waals surface area contributed by atoms with Crippen LogP contribution in [-0.4, -0.2) is 37.9 Å². The molecule has 0 saturated carbocycles. The van der Waals surface area contributed by atoms with Crippen molar-refractivity contribution in [1.82, 2.24) is 37.9 Å². The lowest BCUT2D eigenvalue weighted by Gasteiger charge is -2.15. The first-order chi connectivity index (χ1) is 53.6. The van der Waals surface area contributed by atoms with E-state index in [-0.39, 0.29) is 0 Å². The second-order valence-corrected chi connectivity index (χ2v) is 29.1. The molecule has 0 saturated heterocycles. The molecule has 0 fully saturated rings. The van der Waals surface area contributed by atoms with Crippen molar-refractivity contribution in [3.8, 4) is 67.8 Å². The van der Waals surface area contributed by atoms with Gasteiger partial charge in [0.25, 0.3) is 0 Å². The number of para-hydroxylation sites is 6. The third kappa shape index (κ3) is 7.90. The molecule has 8 heterocycles. The smallest absolute Gasteiger partial charge is 0.235 e. The molecule has 0 aliphatic heterocycles. The lowest BCUT2D eigenvalue weighted by Crippen LogP contribution is -2.03. The standard InChI is InChI=1S/C100H56N8/c1-2-20-57(21-3-1)63-46-48-87-79(52-63)91-89(55-76-69-26-10-16-34-83(69)105-85-36-18-12-30-73(85)93(91)96(76)105)107(87)99-72-29-9-15-33-82(72)101-98(104-99)78-54-65-44-43-62(51-75(65)67-24-6-7-25-68(67)78)59-38-40-60(41-39-59)64-47-49-88-80(53-64)92-90(56-77-70-27-11-17-35-84(70)106-86-37-19-13-31-74(86)94(92)97(77)106)108(88)100-102-81-32-14-8-28-71(81)95(103-100)66-45-42-58-22-4-5-23-61(58)50-66/h1-56H. The van der Waals surface area contributed by atoms with Gasteiger partial charge in [-0.1, -0.05) is 243 Å². The second kappa shape index (κ2) is 21.5. The molecule has 0 unspecified atom stereocenters. The highest BCUT2D eigenvalue weighted by molar-refractivity contribution is 6.38. The van der Waals surface area contributed by atoms with Gasteiger partial charge in [0.1, 0.15) is 5.82 Å². The van der Waals surface area contributed by atoms with Crippen LogP contribution >= 0.6 is 0 Å². The predicted octanol–water partition coefficient (Wildman–Crippen LogP) is 25.9. The summed E-state index contributed by atoms with van der Waals surface area (Å²) in [6, 6.07) is 124. The minimum atomic E-state index is 0.631. The Hall–Kier alpha value is -14.6. The summed E-state index contributed by atoms with van der Waals surface area (Å²) in [5, 5.41) is 23.4. The van der Waals surface area contributed by atoms with Crippen LogP contribution in [0.5, 0.6) is 0 Å². The normalized spacial score (nSPS) is 12.4. The molecule has 25 rings (SSSR count). The fraction of sp³-hybridized carbons (Fsp3) is 0. The van der Waals surface area contributed by atoms with Gasteiger partial charge in [0, 0.05) is 86.5 Å². The van der Waals surface area contributed by atoms with E-state index in [2.05, 4.69) is 358 Å². The average Bonchev–Trinajstić information content (AvgIpc) is 1.52. The molecule has 0 aliphatic rings. The molecule has 0 aliphatic carbocycles. The zero-order valence-electron chi connectivity index (χ0n) is 57.9. The van der Waals surface area contributed by atoms with Gasteiger partial charge in [-0.15, -0.1) is 0 Å². The molecule has 0 N–H and O–H groups in total. The van der Waals surface area contributed by atoms with Crippen LogP contribution in [0.4, 0.5) is 0 Å². The highest BCUT2D eigenvalue weighted by atomic mass is 15.2. The van der Waals surface area contributed by atoms with Crippen molar-refractivity contribution in [2.75, 3.05) is 0 Å². The van der Waals surface area contributed by atoms with E-state index in [4.69, 9.17) is 19.9 Å². The summed E-state index contributed by atoms with van der Waals surface area (Å²) in [5.74, 6) is 2.14. The lowest BCUT2D eigenvalue weighted by molar-refractivity contribution is 1.01. The molecule has 0 radical (unpaired) electrons. The molecule has 496 valence electrons. The van der Waals surface area contributed by atoms with Crippen LogP contribution < -0.4 is 0 Å². The first kappa shape index (κ1) is 57.9. The summed E-state index contributed by atoms with van der Waals surface area (Å²) in [6.45, 7) is 0. The number of hydrogen-bond donors (Lipinski definition) is 0. The van der Waals surface area contributed by atoms with E-state index >= 15 is 0 Å². The van der Waals surface area contributed by atoms with Gasteiger partial charge in [-0.05, 0) is 163 Å². The molecule has 17 aromatic carbocycles.